The van der Waals surface area contributed by atoms with E-state index in [9.17, 15) is 4.79 Å². The van der Waals surface area contributed by atoms with Crippen LogP contribution in [0.3, 0.4) is 0 Å². The molecular weight excluding hydrogens is 346 g/mol. The summed E-state index contributed by atoms with van der Waals surface area (Å²) < 4.78 is 0. The lowest BCUT2D eigenvalue weighted by Gasteiger charge is -2.31. The maximum atomic E-state index is 13.5. The van der Waals surface area contributed by atoms with E-state index >= 15 is 0 Å². The van der Waals surface area contributed by atoms with E-state index in [1.807, 2.05) is 18.2 Å². The summed E-state index contributed by atoms with van der Waals surface area (Å²) in [6, 6.07) is 8.38. The fourth-order valence-corrected chi connectivity index (χ4v) is 6.07. The Morgan fingerprint density at radius 3 is 2.89 bits per heavy atom. The molecule has 2 aromatic rings. The number of hydrogen-bond acceptors (Lipinski definition) is 3. The fourth-order valence-electron chi connectivity index (χ4n) is 6.07. The van der Waals surface area contributed by atoms with Crippen LogP contribution >= 0.6 is 0 Å². The van der Waals surface area contributed by atoms with Crippen LogP contribution in [0.1, 0.15) is 61.1 Å². The molecule has 2 fully saturated rings. The van der Waals surface area contributed by atoms with Crippen LogP contribution in [0.25, 0.3) is 10.9 Å². The predicted molar refractivity (Wildman–Crippen MR) is 112 cm³/mol. The minimum absolute atomic E-state index is 0.100. The van der Waals surface area contributed by atoms with Gasteiger partial charge in [-0.1, -0.05) is 31.5 Å². The number of para-hydroxylation sites is 1. The third-order valence-electron chi connectivity index (χ3n) is 7.59. The molecular formula is C24H31N3O. The highest BCUT2D eigenvalue weighted by Crippen LogP contribution is 2.49. The van der Waals surface area contributed by atoms with Crippen LogP contribution in [-0.4, -0.2) is 34.9 Å². The number of hydrogen-bond donors (Lipinski definition) is 1. The van der Waals surface area contributed by atoms with E-state index in [-0.39, 0.29) is 11.9 Å². The van der Waals surface area contributed by atoms with Crippen LogP contribution in [0.4, 0.5) is 0 Å². The standard InChI is InChI=1S/C24H31N3O/c1-3-27-11-10-22-20(14-27)23(18-6-4-5-7-21(18)26-22)24(28)25-15(2)19-13-16-8-9-17(19)12-16/h4-7,15-17,19H,3,8-14H2,1-2H3,(H,25,28). The summed E-state index contributed by atoms with van der Waals surface area (Å²) in [5.74, 6) is 2.47. The van der Waals surface area contributed by atoms with Gasteiger partial charge in [0, 0.05) is 42.2 Å². The van der Waals surface area contributed by atoms with Crippen molar-refractivity contribution >= 4 is 16.8 Å². The summed E-state index contributed by atoms with van der Waals surface area (Å²) in [6.45, 7) is 7.27. The van der Waals surface area contributed by atoms with E-state index in [4.69, 9.17) is 4.98 Å². The van der Waals surface area contributed by atoms with Gasteiger partial charge < -0.3 is 5.32 Å². The number of benzene rings is 1. The Hall–Kier alpha value is -1.94. The SMILES string of the molecule is CCN1CCc2nc3ccccc3c(C(=O)NC(C)C3CC4CCC3C4)c2C1. The number of amides is 1. The molecule has 5 rings (SSSR count). The van der Waals surface area contributed by atoms with Crippen molar-refractivity contribution in [3.63, 3.8) is 0 Å². The molecule has 2 heterocycles. The molecule has 28 heavy (non-hydrogen) atoms. The monoisotopic (exact) mass is 377 g/mol. The van der Waals surface area contributed by atoms with Gasteiger partial charge in [-0.25, -0.2) is 0 Å². The van der Waals surface area contributed by atoms with Gasteiger partial charge in [0.05, 0.1) is 11.1 Å². The number of nitrogens with one attached hydrogen (secondary N) is 1. The smallest absolute Gasteiger partial charge is 0.252 e. The number of rotatable bonds is 4. The molecule has 0 saturated heterocycles. The fraction of sp³-hybridized carbons (Fsp3) is 0.583. The quantitative estimate of drug-likeness (QED) is 0.870. The molecule has 1 aromatic carbocycles. The van der Waals surface area contributed by atoms with E-state index in [0.29, 0.717) is 5.92 Å². The first-order valence-corrected chi connectivity index (χ1v) is 11.1. The minimum atomic E-state index is 0.100. The zero-order valence-electron chi connectivity index (χ0n) is 17.1. The molecule has 2 bridgehead atoms. The predicted octanol–water partition coefficient (Wildman–Crippen LogP) is 4.17. The van der Waals surface area contributed by atoms with Crippen LogP contribution in [0.15, 0.2) is 24.3 Å². The Bertz CT molecular complexity index is 908. The minimum Gasteiger partial charge on any atom is -0.349 e. The molecule has 1 amide bonds. The third-order valence-corrected chi connectivity index (χ3v) is 7.59. The second kappa shape index (κ2) is 7.14. The number of pyridine rings is 1. The van der Waals surface area contributed by atoms with Crippen LogP contribution in [-0.2, 0) is 13.0 Å². The average molecular weight is 378 g/mol. The lowest BCUT2D eigenvalue weighted by Crippen LogP contribution is -2.41. The summed E-state index contributed by atoms with van der Waals surface area (Å²) >= 11 is 0. The highest BCUT2D eigenvalue weighted by Gasteiger charge is 2.42. The normalized spacial score (nSPS) is 27.7. The summed E-state index contributed by atoms with van der Waals surface area (Å²) in [6.07, 6.45) is 6.36. The molecule has 4 heteroatoms. The largest absolute Gasteiger partial charge is 0.349 e. The highest BCUT2D eigenvalue weighted by atomic mass is 16.1. The molecule has 4 atom stereocenters. The molecule has 1 N–H and O–H groups in total. The van der Waals surface area contributed by atoms with Gasteiger partial charge >= 0.3 is 0 Å². The molecule has 2 aliphatic carbocycles. The first-order chi connectivity index (χ1) is 13.6. The van der Waals surface area contributed by atoms with Gasteiger partial charge in [-0.15, -0.1) is 0 Å². The third kappa shape index (κ3) is 3.02. The van der Waals surface area contributed by atoms with E-state index < -0.39 is 0 Å². The van der Waals surface area contributed by atoms with E-state index in [1.54, 1.807) is 0 Å². The zero-order valence-corrected chi connectivity index (χ0v) is 17.1. The van der Waals surface area contributed by atoms with Crippen LogP contribution in [0.5, 0.6) is 0 Å². The highest BCUT2D eigenvalue weighted by molar-refractivity contribution is 6.07. The second-order valence-corrected chi connectivity index (χ2v) is 9.15. The first kappa shape index (κ1) is 18.1. The van der Waals surface area contributed by atoms with Gasteiger partial charge in [0.1, 0.15) is 0 Å². The van der Waals surface area contributed by atoms with Crippen molar-refractivity contribution in [3.8, 4) is 0 Å². The lowest BCUT2D eigenvalue weighted by atomic mass is 9.83. The van der Waals surface area contributed by atoms with Gasteiger partial charge in [0.25, 0.3) is 5.91 Å². The molecule has 148 valence electrons. The summed E-state index contributed by atoms with van der Waals surface area (Å²) in [4.78, 5) is 20.9. The number of nitrogens with zero attached hydrogens (tertiary/aromatic N) is 2. The molecule has 2 saturated carbocycles. The summed E-state index contributed by atoms with van der Waals surface area (Å²) in [5.41, 5.74) is 4.07. The van der Waals surface area contributed by atoms with E-state index in [1.165, 1.54) is 25.7 Å². The van der Waals surface area contributed by atoms with Crippen molar-refractivity contribution in [1.29, 1.82) is 0 Å². The molecule has 0 spiro atoms. The molecule has 3 aliphatic rings. The lowest BCUT2D eigenvalue weighted by molar-refractivity contribution is 0.0914. The number of fused-ring (bicyclic) bond motifs is 4. The zero-order chi connectivity index (χ0) is 19.3. The Morgan fingerprint density at radius 1 is 1.29 bits per heavy atom. The van der Waals surface area contributed by atoms with Crippen molar-refractivity contribution in [2.45, 2.75) is 58.5 Å². The Balaban J connectivity index is 1.49. The van der Waals surface area contributed by atoms with Crippen molar-refractivity contribution in [3.05, 3.63) is 41.1 Å². The number of carbonyl (C=O) groups excluding carboxylic acids is 1. The van der Waals surface area contributed by atoms with E-state index in [2.05, 4.69) is 30.1 Å². The van der Waals surface area contributed by atoms with Crippen molar-refractivity contribution in [2.75, 3.05) is 13.1 Å². The van der Waals surface area contributed by atoms with Gasteiger partial charge in [-0.2, -0.15) is 0 Å². The molecule has 4 unspecified atom stereocenters. The van der Waals surface area contributed by atoms with Crippen LogP contribution < -0.4 is 5.32 Å². The van der Waals surface area contributed by atoms with Gasteiger partial charge in [-0.05, 0) is 56.6 Å². The Kier molecular flexibility index (Phi) is 4.62. The van der Waals surface area contributed by atoms with Gasteiger partial charge in [0.2, 0.25) is 0 Å². The second-order valence-electron chi connectivity index (χ2n) is 9.15. The maximum Gasteiger partial charge on any atom is 0.252 e. The number of likely N-dealkylation sites (N-methyl/N-ethyl adjacent to an activating group) is 1. The molecule has 0 radical (unpaired) electrons. The first-order valence-electron chi connectivity index (χ1n) is 11.1. The maximum absolute atomic E-state index is 13.5. The Morgan fingerprint density at radius 2 is 2.14 bits per heavy atom. The van der Waals surface area contributed by atoms with E-state index in [0.717, 1.165) is 65.6 Å². The summed E-state index contributed by atoms with van der Waals surface area (Å²) in [5, 5.41) is 4.41. The van der Waals surface area contributed by atoms with Crippen LogP contribution in [0.2, 0.25) is 0 Å². The average Bonchev–Trinajstić information content (AvgIpc) is 3.35. The van der Waals surface area contributed by atoms with Gasteiger partial charge in [-0.3, -0.25) is 14.7 Å². The molecule has 4 nitrogen and oxygen atoms in total. The Labute approximate surface area is 167 Å². The number of aromatic nitrogens is 1. The van der Waals surface area contributed by atoms with Crippen molar-refractivity contribution in [1.82, 2.24) is 15.2 Å². The van der Waals surface area contributed by atoms with Crippen molar-refractivity contribution < 1.29 is 4.79 Å². The topological polar surface area (TPSA) is 45.2 Å². The van der Waals surface area contributed by atoms with Crippen LogP contribution in [0, 0.1) is 17.8 Å². The van der Waals surface area contributed by atoms with Crippen molar-refractivity contribution in [2.24, 2.45) is 17.8 Å². The molecule has 1 aliphatic heterocycles. The summed E-state index contributed by atoms with van der Waals surface area (Å²) in [7, 11) is 0. The molecule has 1 aromatic heterocycles. The number of carbonyl (C=O) groups is 1. The van der Waals surface area contributed by atoms with Gasteiger partial charge in [0.15, 0.2) is 0 Å².